The van der Waals surface area contributed by atoms with Crippen LogP contribution >= 0.6 is 11.6 Å². The van der Waals surface area contributed by atoms with Crippen LogP contribution in [0.1, 0.15) is 43.6 Å². The second-order valence-electron chi connectivity index (χ2n) is 5.60. The van der Waals surface area contributed by atoms with Crippen LogP contribution in [0.25, 0.3) is 0 Å². The van der Waals surface area contributed by atoms with E-state index in [2.05, 4.69) is 5.32 Å². The smallest absolute Gasteiger partial charge is 0.252 e. The van der Waals surface area contributed by atoms with E-state index in [9.17, 15) is 9.90 Å². The minimum absolute atomic E-state index is 0.212. The Bertz CT molecular complexity index is 461. The van der Waals surface area contributed by atoms with Crippen LogP contribution in [0.5, 0.6) is 0 Å². The standard InChI is InChI=1S/C14H20ClNO2/c1-9-8-10(15)6-7-11(9)12(17)16-13(2,3)14(4,5)18/h6-8,18H,1-5H3,(H,16,17). The molecule has 1 amide bonds. The van der Waals surface area contributed by atoms with E-state index in [1.165, 1.54) is 0 Å². The monoisotopic (exact) mass is 269 g/mol. The van der Waals surface area contributed by atoms with E-state index in [4.69, 9.17) is 11.6 Å². The van der Waals surface area contributed by atoms with Gasteiger partial charge in [-0.3, -0.25) is 4.79 Å². The molecule has 0 atom stereocenters. The van der Waals surface area contributed by atoms with Gasteiger partial charge < -0.3 is 10.4 Å². The number of rotatable bonds is 3. The van der Waals surface area contributed by atoms with Crippen LogP contribution < -0.4 is 5.32 Å². The van der Waals surface area contributed by atoms with Crippen molar-refractivity contribution in [3.8, 4) is 0 Å². The average molecular weight is 270 g/mol. The van der Waals surface area contributed by atoms with Crippen LogP contribution in [0.2, 0.25) is 5.02 Å². The van der Waals surface area contributed by atoms with Crippen molar-refractivity contribution in [3.05, 3.63) is 34.3 Å². The zero-order valence-corrected chi connectivity index (χ0v) is 12.2. The van der Waals surface area contributed by atoms with Crippen LogP contribution in [0.15, 0.2) is 18.2 Å². The number of nitrogens with one attached hydrogen (secondary N) is 1. The van der Waals surface area contributed by atoms with Gasteiger partial charge in [0.1, 0.15) is 0 Å². The minimum atomic E-state index is -1.01. The van der Waals surface area contributed by atoms with E-state index in [1.807, 2.05) is 6.92 Å². The van der Waals surface area contributed by atoms with Crippen LogP contribution in [0.4, 0.5) is 0 Å². The lowest BCUT2D eigenvalue weighted by molar-refractivity contribution is -0.00294. The van der Waals surface area contributed by atoms with Gasteiger partial charge in [0.25, 0.3) is 5.91 Å². The third-order valence-corrected chi connectivity index (χ3v) is 3.62. The molecular formula is C14H20ClNO2. The zero-order chi connectivity index (χ0) is 14.1. The lowest BCUT2D eigenvalue weighted by atomic mass is 9.85. The van der Waals surface area contributed by atoms with Gasteiger partial charge in [0.2, 0.25) is 0 Å². The van der Waals surface area contributed by atoms with E-state index in [0.717, 1.165) is 5.56 Å². The van der Waals surface area contributed by atoms with Gasteiger partial charge in [-0.05, 0) is 58.4 Å². The number of benzene rings is 1. The molecule has 0 aliphatic rings. The van der Waals surface area contributed by atoms with Gasteiger partial charge in [0.15, 0.2) is 0 Å². The number of carbonyl (C=O) groups excluding carboxylic acids is 1. The van der Waals surface area contributed by atoms with Gasteiger partial charge >= 0.3 is 0 Å². The number of amides is 1. The summed E-state index contributed by atoms with van der Waals surface area (Å²) in [7, 11) is 0. The molecule has 0 radical (unpaired) electrons. The first-order chi connectivity index (χ1) is 8.04. The third kappa shape index (κ3) is 3.24. The summed E-state index contributed by atoms with van der Waals surface area (Å²) in [5.74, 6) is -0.212. The Morgan fingerprint density at radius 2 is 1.83 bits per heavy atom. The van der Waals surface area contributed by atoms with E-state index >= 15 is 0 Å². The quantitative estimate of drug-likeness (QED) is 0.886. The highest BCUT2D eigenvalue weighted by atomic mass is 35.5. The van der Waals surface area contributed by atoms with Crippen LogP contribution in [0.3, 0.4) is 0 Å². The van der Waals surface area contributed by atoms with Crippen molar-refractivity contribution in [1.29, 1.82) is 0 Å². The number of hydrogen-bond acceptors (Lipinski definition) is 2. The van der Waals surface area contributed by atoms with E-state index in [-0.39, 0.29) is 5.91 Å². The van der Waals surface area contributed by atoms with E-state index in [0.29, 0.717) is 10.6 Å². The topological polar surface area (TPSA) is 49.3 Å². The van der Waals surface area contributed by atoms with Crippen molar-refractivity contribution >= 4 is 17.5 Å². The summed E-state index contributed by atoms with van der Waals surface area (Å²) in [6.07, 6.45) is 0. The second kappa shape index (κ2) is 4.90. The van der Waals surface area contributed by atoms with Crippen molar-refractivity contribution in [1.82, 2.24) is 5.32 Å². The molecule has 0 fully saturated rings. The molecule has 0 spiro atoms. The van der Waals surface area contributed by atoms with Crippen LogP contribution in [0, 0.1) is 6.92 Å². The molecule has 1 aromatic rings. The zero-order valence-electron chi connectivity index (χ0n) is 11.5. The van der Waals surface area contributed by atoms with Crippen molar-refractivity contribution in [2.75, 3.05) is 0 Å². The molecule has 0 aliphatic carbocycles. The molecule has 1 aromatic carbocycles. The molecule has 0 unspecified atom stereocenters. The lowest BCUT2D eigenvalue weighted by Crippen LogP contribution is -2.57. The summed E-state index contributed by atoms with van der Waals surface area (Å²) >= 11 is 5.86. The number of aryl methyl sites for hydroxylation is 1. The molecule has 4 heteroatoms. The van der Waals surface area contributed by atoms with Crippen molar-refractivity contribution in [3.63, 3.8) is 0 Å². The first-order valence-corrected chi connectivity index (χ1v) is 6.23. The van der Waals surface area contributed by atoms with Gasteiger partial charge in [-0.2, -0.15) is 0 Å². The molecule has 2 N–H and O–H groups in total. The maximum Gasteiger partial charge on any atom is 0.252 e. The number of aliphatic hydroxyl groups is 1. The van der Waals surface area contributed by atoms with Crippen molar-refractivity contribution < 1.29 is 9.90 Å². The Hall–Kier alpha value is -1.06. The highest BCUT2D eigenvalue weighted by molar-refractivity contribution is 6.30. The molecular weight excluding hydrogens is 250 g/mol. The normalized spacial score (nSPS) is 12.4. The van der Waals surface area contributed by atoms with Gasteiger partial charge in [-0.15, -0.1) is 0 Å². The van der Waals surface area contributed by atoms with Gasteiger partial charge in [-0.25, -0.2) is 0 Å². The Morgan fingerprint density at radius 1 is 1.28 bits per heavy atom. The Balaban J connectivity index is 2.96. The Morgan fingerprint density at radius 3 is 2.28 bits per heavy atom. The van der Waals surface area contributed by atoms with E-state index in [1.54, 1.807) is 45.9 Å². The van der Waals surface area contributed by atoms with Gasteiger partial charge in [0.05, 0.1) is 11.1 Å². The molecule has 0 heterocycles. The Kier molecular flexibility index (Phi) is 4.08. The fourth-order valence-electron chi connectivity index (χ4n) is 1.39. The number of hydrogen-bond donors (Lipinski definition) is 2. The SMILES string of the molecule is Cc1cc(Cl)ccc1C(=O)NC(C)(C)C(C)(C)O. The highest BCUT2D eigenvalue weighted by Crippen LogP contribution is 2.22. The number of halogens is 1. The molecule has 0 saturated heterocycles. The summed E-state index contributed by atoms with van der Waals surface area (Å²) in [5.41, 5.74) is -0.359. The summed E-state index contributed by atoms with van der Waals surface area (Å²) in [5, 5.41) is 13.5. The minimum Gasteiger partial charge on any atom is -0.388 e. The first-order valence-electron chi connectivity index (χ1n) is 5.85. The predicted octanol–water partition coefficient (Wildman–Crippen LogP) is 2.93. The fraction of sp³-hybridized carbons (Fsp3) is 0.500. The maximum atomic E-state index is 12.2. The lowest BCUT2D eigenvalue weighted by Gasteiger charge is -2.38. The average Bonchev–Trinajstić information content (AvgIpc) is 2.14. The highest BCUT2D eigenvalue weighted by Gasteiger charge is 2.36. The van der Waals surface area contributed by atoms with Crippen LogP contribution in [-0.2, 0) is 0 Å². The summed E-state index contributed by atoms with van der Waals surface area (Å²) in [4.78, 5) is 12.2. The molecule has 0 aliphatic heterocycles. The third-order valence-electron chi connectivity index (χ3n) is 3.39. The summed E-state index contributed by atoms with van der Waals surface area (Å²) < 4.78 is 0. The van der Waals surface area contributed by atoms with E-state index < -0.39 is 11.1 Å². The van der Waals surface area contributed by atoms with Gasteiger partial charge in [-0.1, -0.05) is 11.6 Å². The molecule has 1 rings (SSSR count). The van der Waals surface area contributed by atoms with Crippen LogP contribution in [-0.4, -0.2) is 22.2 Å². The first kappa shape index (κ1) is 15.0. The molecule has 18 heavy (non-hydrogen) atoms. The summed E-state index contributed by atoms with van der Waals surface area (Å²) in [6, 6.07) is 5.11. The molecule has 100 valence electrons. The molecule has 0 aromatic heterocycles. The van der Waals surface area contributed by atoms with Crippen molar-refractivity contribution in [2.24, 2.45) is 0 Å². The second-order valence-corrected chi connectivity index (χ2v) is 6.03. The Labute approximate surface area is 113 Å². The molecule has 0 saturated carbocycles. The summed E-state index contributed by atoms with van der Waals surface area (Å²) in [6.45, 7) is 8.74. The predicted molar refractivity (Wildman–Crippen MR) is 74.0 cm³/mol. The fourth-order valence-corrected chi connectivity index (χ4v) is 1.61. The van der Waals surface area contributed by atoms with Crippen molar-refractivity contribution in [2.45, 2.75) is 45.8 Å². The van der Waals surface area contributed by atoms with Gasteiger partial charge in [0, 0.05) is 10.6 Å². The number of carbonyl (C=O) groups is 1. The largest absolute Gasteiger partial charge is 0.388 e. The molecule has 3 nitrogen and oxygen atoms in total. The molecule has 0 bridgehead atoms. The maximum absolute atomic E-state index is 12.2.